The Bertz CT molecular complexity index is 1220. The van der Waals surface area contributed by atoms with E-state index >= 15 is 0 Å². The van der Waals surface area contributed by atoms with Crippen molar-refractivity contribution < 1.29 is 80.2 Å². The molecule has 0 rings (SSSR count). The van der Waals surface area contributed by atoms with E-state index in [0.29, 0.717) is 6.42 Å². The van der Waals surface area contributed by atoms with Crippen LogP contribution in [0.4, 0.5) is 0 Å². The van der Waals surface area contributed by atoms with Gasteiger partial charge in [-0.3, -0.25) is 9.13 Å². The van der Waals surface area contributed by atoms with E-state index in [1.54, 1.807) is 6.92 Å². The predicted octanol–water partition coefficient (Wildman–Crippen LogP) is 8.10. The molecule has 0 heterocycles. The zero-order valence-corrected chi connectivity index (χ0v) is 47.5. The largest absolute Gasteiger partial charge is 1.00 e. The van der Waals surface area contributed by atoms with Gasteiger partial charge >= 0.3 is 18.9 Å². The van der Waals surface area contributed by atoms with Crippen molar-refractivity contribution in [3.05, 3.63) is 23.3 Å². The fourth-order valence-corrected chi connectivity index (χ4v) is 9.88. The number of nitrogens with zero attached hydrogens (tertiary/aromatic N) is 2. The van der Waals surface area contributed by atoms with E-state index in [9.17, 15) is 39.0 Å². The standard InChI is InChI=1S/C19H36O11P2.2C16H36N.Li/c1-15(2)7-5-8-16(3)10-12-29-32(26,27)30-31(24,25)28-11-6-9-17(20)13-19(4,23)14-18(21)22;2*1-5-9-13-17(14-10-6-2,15-11-7-3)16-12-8-4;/h7,10,17,20,23H,5-6,8-9,11-14H2,1-4H3,(H,21,22)(H,24,25)(H,26,27);2*5-16H2,1-4H3;/q;3*+1/p-3/b16-10+;;;. The topological polar surface area (TPSA) is 189 Å². The van der Waals surface area contributed by atoms with E-state index in [4.69, 9.17) is 0 Å². The molecule has 4 unspecified atom stereocenters. The second-order valence-electron chi connectivity index (χ2n) is 19.3. The van der Waals surface area contributed by atoms with Crippen molar-refractivity contribution in [2.24, 2.45) is 0 Å². The van der Waals surface area contributed by atoms with E-state index in [0.717, 1.165) is 17.6 Å². The van der Waals surface area contributed by atoms with E-state index in [1.165, 1.54) is 177 Å². The van der Waals surface area contributed by atoms with Gasteiger partial charge in [-0.25, -0.2) is 4.31 Å². The molecule has 0 aromatic rings. The van der Waals surface area contributed by atoms with Crippen LogP contribution in [-0.2, 0) is 27.3 Å². The van der Waals surface area contributed by atoms with Crippen LogP contribution in [0.3, 0.4) is 0 Å². The zero-order chi connectivity index (χ0) is 51.0. The van der Waals surface area contributed by atoms with Crippen LogP contribution in [0.15, 0.2) is 23.3 Å². The first-order chi connectivity index (χ1) is 31.0. The molecule has 0 fully saturated rings. The summed E-state index contributed by atoms with van der Waals surface area (Å²) in [6.45, 7) is 36.1. The van der Waals surface area contributed by atoms with Crippen LogP contribution in [0.25, 0.3) is 0 Å². The van der Waals surface area contributed by atoms with Crippen molar-refractivity contribution >= 4 is 21.6 Å². The molecule has 0 amide bonds. The number of unbranched alkanes of at least 4 members (excludes halogenated alkanes) is 8. The van der Waals surface area contributed by atoms with Crippen molar-refractivity contribution in [3.63, 3.8) is 0 Å². The third kappa shape index (κ3) is 45.3. The summed E-state index contributed by atoms with van der Waals surface area (Å²) in [6.07, 6.45) is 25.0. The molecule has 0 aliphatic rings. The second-order valence-corrected chi connectivity index (χ2v) is 22.3. The van der Waals surface area contributed by atoms with Crippen LogP contribution in [0.1, 0.15) is 224 Å². The van der Waals surface area contributed by atoms with Gasteiger partial charge < -0.3 is 47.9 Å². The van der Waals surface area contributed by atoms with Gasteiger partial charge in [0.25, 0.3) is 15.6 Å². The number of aliphatic hydroxyl groups is 2. The summed E-state index contributed by atoms with van der Waals surface area (Å²) in [7, 11) is -10.4. The number of aliphatic carboxylic acids is 1. The van der Waals surface area contributed by atoms with Gasteiger partial charge in [-0.1, -0.05) is 130 Å². The Morgan fingerprint density at radius 3 is 1.28 bits per heavy atom. The Hall–Kier alpha value is -0.353. The number of phosphoric acid groups is 2. The molecule has 0 saturated heterocycles. The Morgan fingerprint density at radius 1 is 0.627 bits per heavy atom. The van der Waals surface area contributed by atoms with Gasteiger partial charge in [0.1, 0.15) is 0 Å². The minimum Gasteiger partial charge on any atom is -0.756 e. The molecule has 67 heavy (non-hydrogen) atoms. The molecule has 0 aliphatic heterocycles. The minimum absolute atomic E-state index is 0. The maximum atomic E-state index is 11.7. The summed E-state index contributed by atoms with van der Waals surface area (Å²) in [5, 5.41) is 30.2. The molecule has 0 radical (unpaired) electrons. The molecule has 0 aliphatic carbocycles. The number of allylic oxidation sites excluding steroid dienone is 3. The molecule has 0 aromatic heterocycles. The number of phosphoric ester groups is 2. The van der Waals surface area contributed by atoms with Gasteiger partial charge in [0.05, 0.1) is 77.3 Å². The summed E-state index contributed by atoms with van der Waals surface area (Å²) in [5.74, 6) is -1.48. The summed E-state index contributed by atoms with van der Waals surface area (Å²) in [4.78, 5) is 33.9. The van der Waals surface area contributed by atoms with E-state index in [1.807, 2.05) is 19.9 Å². The number of carboxylic acid groups (broad SMARTS) is 1. The SMILES string of the molecule is CC(C)=CCC/C(C)=C/COP(=O)([O-])OP(=O)([O-])OCCCC(O)CC(C)(O)CC(=O)[O-].CCCC[N+](CCCC)(CCCC)CCCC.CCCC[N+](CCCC)(CCCC)CCCC.[Li+]. The number of hydrogen-bond acceptors (Lipinski definition) is 11. The number of rotatable bonds is 41. The Balaban J connectivity index is -0.000000481. The molecule has 0 aromatic carbocycles. The first-order valence-electron chi connectivity index (χ1n) is 26.2. The molecule has 16 heteroatoms. The zero-order valence-electron chi connectivity index (χ0n) is 45.7. The number of quaternary nitrogens is 2. The summed E-state index contributed by atoms with van der Waals surface area (Å²) in [6, 6.07) is 0. The van der Waals surface area contributed by atoms with Gasteiger partial charge in [0, 0.05) is 18.8 Å². The van der Waals surface area contributed by atoms with Gasteiger partial charge in [-0.05, 0) is 105 Å². The fourth-order valence-electron chi connectivity index (χ4n) is 7.91. The number of hydrogen-bond donors (Lipinski definition) is 2. The molecule has 13 nitrogen and oxygen atoms in total. The third-order valence-electron chi connectivity index (χ3n) is 12.0. The third-order valence-corrected chi connectivity index (χ3v) is 14.5. The number of carboxylic acids is 1. The maximum absolute atomic E-state index is 11.7. The molecule has 4 atom stereocenters. The molecule has 396 valence electrons. The van der Waals surface area contributed by atoms with Crippen molar-refractivity contribution in [3.8, 4) is 0 Å². The average molecular weight is 991 g/mol. The molecular weight excluding hydrogens is 885 g/mol. The van der Waals surface area contributed by atoms with E-state index in [-0.39, 0.29) is 44.7 Å². The van der Waals surface area contributed by atoms with Crippen LogP contribution in [0, 0.1) is 0 Å². The maximum Gasteiger partial charge on any atom is 1.00 e. The first-order valence-corrected chi connectivity index (χ1v) is 29.2. The van der Waals surface area contributed by atoms with Crippen molar-refractivity contribution in [2.75, 3.05) is 65.6 Å². The quantitative estimate of drug-likeness (QED) is 0.0198. The number of carbonyl (C=O) groups is 1. The van der Waals surface area contributed by atoms with Crippen molar-refractivity contribution in [1.82, 2.24) is 0 Å². The first kappa shape index (κ1) is 73.2. The van der Waals surface area contributed by atoms with Crippen molar-refractivity contribution in [2.45, 2.75) is 236 Å². The number of aliphatic hydroxyl groups excluding tert-OH is 1. The van der Waals surface area contributed by atoms with Gasteiger partial charge in [0.15, 0.2) is 0 Å². The summed E-state index contributed by atoms with van der Waals surface area (Å²) < 4.78 is 39.1. The summed E-state index contributed by atoms with van der Waals surface area (Å²) >= 11 is 0. The molecule has 0 spiro atoms. The predicted molar refractivity (Wildman–Crippen MR) is 269 cm³/mol. The van der Waals surface area contributed by atoms with Crippen LogP contribution in [0.2, 0.25) is 0 Å². The molecular formula is C51H105LiN2O11P2. The smallest absolute Gasteiger partial charge is 0.756 e. The van der Waals surface area contributed by atoms with Crippen LogP contribution in [0.5, 0.6) is 0 Å². The normalized spacial score (nSPS) is 15.1. The Morgan fingerprint density at radius 2 is 0.970 bits per heavy atom. The van der Waals surface area contributed by atoms with Gasteiger partial charge in [-0.2, -0.15) is 0 Å². The van der Waals surface area contributed by atoms with Gasteiger partial charge in [0.2, 0.25) is 0 Å². The van der Waals surface area contributed by atoms with Crippen molar-refractivity contribution in [1.29, 1.82) is 0 Å². The molecule has 0 bridgehead atoms. The van der Waals surface area contributed by atoms with Gasteiger partial charge in [-0.15, -0.1) is 0 Å². The van der Waals surface area contributed by atoms with Crippen LogP contribution < -0.4 is 33.8 Å². The fraction of sp³-hybridized carbons (Fsp3) is 0.902. The summed E-state index contributed by atoms with van der Waals surface area (Å²) in [5.41, 5.74) is 0.331. The minimum atomic E-state index is -5.22. The Kier molecular flexibility index (Phi) is 48.4. The second kappa shape index (κ2) is 44.4. The number of carbonyl (C=O) groups excluding carboxylic acids is 1. The van der Waals surface area contributed by atoms with Crippen LogP contribution >= 0.6 is 15.6 Å². The van der Waals surface area contributed by atoms with E-state index < -0.39 is 46.3 Å². The van der Waals surface area contributed by atoms with Crippen LogP contribution in [-0.4, -0.2) is 102 Å². The van der Waals surface area contributed by atoms with E-state index in [2.05, 4.69) is 68.7 Å². The average Bonchev–Trinajstić information content (AvgIpc) is 3.23. The molecule has 2 N–H and O–H groups in total. The monoisotopic (exact) mass is 991 g/mol. The Labute approximate surface area is 424 Å². The molecule has 0 saturated carbocycles.